The second-order valence-electron chi connectivity index (χ2n) is 6.42. The topological polar surface area (TPSA) is 60.2 Å². The largest absolute Gasteiger partial charge is 0.381 e. The van der Waals surface area contributed by atoms with Gasteiger partial charge in [0, 0.05) is 31.6 Å². The second-order valence-corrected chi connectivity index (χ2v) is 6.42. The third kappa shape index (κ3) is 5.40. The molecule has 1 aromatic heterocycles. The summed E-state index contributed by atoms with van der Waals surface area (Å²) in [4.78, 5) is 4.62. The van der Waals surface area contributed by atoms with Crippen LogP contribution in [0.2, 0.25) is 0 Å². The first-order valence-corrected chi connectivity index (χ1v) is 8.32. The normalized spacial score (nSPS) is 18.3. The van der Waals surface area contributed by atoms with Crippen LogP contribution in [0.3, 0.4) is 0 Å². The Labute approximate surface area is 127 Å². The predicted octanol–water partition coefficient (Wildman–Crippen LogP) is 2.92. The Balaban J connectivity index is 1.91. The minimum atomic E-state index is 0.406. The van der Waals surface area contributed by atoms with Crippen LogP contribution < -0.4 is 5.32 Å². The second kappa shape index (κ2) is 8.49. The highest BCUT2D eigenvalue weighted by Crippen LogP contribution is 2.24. The first-order chi connectivity index (χ1) is 10.2. The molecule has 5 nitrogen and oxygen atoms in total. The first-order valence-electron chi connectivity index (χ1n) is 8.32. The summed E-state index contributed by atoms with van der Waals surface area (Å²) in [7, 11) is 0. The highest BCUT2D eigenvalue weighted by molar-refractivity contribution is 4.98. The number of rotatable bonds is 8. The van der Waals surface area contributed by atoms with Gasteiger partial charge in [0.05, 0.1) is 0 Å². The summed E-state index contributed by atoms with van der Waals surface area (Å²) in [5.74, 6) is 2.71. The number of aromatic nitrogens is 2. The van der Waals surface area contributed by atoms with Crippen LogP contribution in [0.4, 0.5) is 0 Å². The molecule has 0 aromatic carbocycles. The SMILES string of the molecule is CCCNC(Cc1nc(C2CCOCC2)no1)CC(C)C. The third-order valence-corrected chi connectivity index (χ3v) is 3.93. The van der Waals surface area contributed by atoms with Gasteiger partial charge < -0.3 is 14.6 Å². The Hall–Kier alpha value is -0.940. The fourth-order valence-corrected chi connectivity index (χ4v) is 2.84. The van der Waals surface area contributed by atoms with E-state index < -0.39 is 0 Å². The standard InChI is InChI=1S/C16H29N3O2/c1-4-7-17-14(10-12(2)3)11-15-18-16(19-21-15)13-5-8-20-9-6-13/h12-14,17H,4-11H2,1-3H3. The van der Waals surface area contributed by atoms with Gasteiger partial charge in [0.15, 0.2) is 5.82 Å². The first kappa shape index (κ1) is 16.4. The van der Waals surface area contributed by atoms with Gasteiger partial charge in [-0.3, -0.25) is 0 Å². The molecule has 1 fully saturated rings. The van der Waals surface area contributed by atoms with Crippen molar-refractivity contribution in [2.45, 2.75) is 64.8 Å². The lowest BCUT2D eigenvalue weighted by Gasteiger charge is -2.19. The highest BCUT2D eigenvalue weighted by atomic mass is 16.5. The van der Waals surface area contributed by atoms with Gasteiger partial charge >= 0.3 is 0 Å². The zero-order valence-electron chi connectivity index (χ0n) is 13.6. The van der Waals surface area contributed by atoms with E-state index in [0.29, 0.717) is 17.9 Å². The van der Waals surface area contributed by atoms with Crippen molar-refractivity contribution in [3.8, 4) is 0 Å². The van der Waals surface area contributed by atoms with Gasteiger partial charge in [-0.25, -0.2) is 0 Å². The summed E-state index contributed by atoms with van der Waals surface area (Å²) in [5.41, 5.74) is 0. The summed E-state index contributed by atoms with van der Waals surface area (Å²) in [6.07, 6.45) is 5.11. The van der Waals surface area contributed by atoms with Crippen molar-refractivity contribution in [1.82, 2.24) is 15.5 Å². The molecule has 120 valence electrons. The van der Waals surface area contributed by atoms with Crippen molar-refractivity contribution in [1.29, 1.82) is 0 Å². The van der Waals surface area contributed by atoms with Crippen molar-refractivity contribution in [2.75, 3.05) is 19.8 Å². The Morgan fingerprint density at radius 3 is 2.71 bits per heavy atom. The summed E-state index contributed by atoms with van der Waals surface area (Å²) >= 11 is 0. The number of nitrogens with one attached hydrogen (secondary N) is 1. The van der Waals surface area contributed by atoms with Crippen LogP contribution in [-0.2, 0) is 11.2 Å². The van der Waals surface area contributed by atoms with Crippen molar-refractivity contribution in [3.63, 3.8) is 0 Å². The summed E-state index contributed by atoms with van der Waals surface area (Å²) in [6, 6.07) is 0.424. The molecule has 1 aromatic rings. The van der Waals surface area contributed by atoms with Crippen LogP contribution in [0.1, 0.15) is 64.1 Å². The molecular weight excluding hydrogens is 266 g/mol. The molecule has 1 aliphatic rings. The van der Waals surface area contributed by atoms with Gasteiger partial charge in [-0.15, -0.1) is 0 Å². The van der Waals surface area contributed by atoms with E-state index in [-0.39, 0.29) is 0 Å². The molecule has 0 bridgehead atoms. The average Bonchev–Trinajstić information content (AvgIpc) is 2.93. The van der Waals surface area contributed by atoms with E-state index in [9.17, 15) is 0 Å². The lowest BCUT2D eigenvalue weighted by molar-refractivity contribution is 0.0830. The molecular formula is C16H29N3O2. The molecule has 1 saturated heterocycles. The van der Waals surface area contributed by atoms with E-state index >= 15 is 0 Å². The van der Waals surface area contributed by atoms with E-state index in [0.717, 1.165) is 63.6 Å². The van der Waals surface area contributed by atoms with Crippen molar-refractivity contribution >= 4 is 0 Å². The van der Waals surface area contributed by atoms with E-state index in [1.54, 1.807) is 0 Å². The molecule has 0 amide bonds. The number of ether oxygens (including phenoxy) is 1. The van der Waals surface area contributed by atoms with Gasteiger partial charge in [0.2, 0.25) is 5.89 Å². The molecule has 0 radical (unpaired) electrons. The Bertz CT molecular complexity index is 400. The van der Waals surface area contributed by atoms with Gasteiger partial charge in [0.25, 0.3) is 0 Å². The third-order valence-electron chi connectivity index (χ3n) is 3.93. The van der Waals surface area contributed by atoms with Crippen LogP contribution in [0.15, 0.2) is 4.52 Å². The molecule has 2 rings (SSSR count). The van der Waals surface area contributed by atoms with Crippen LogP contribution >= 0.6 is 0 Å². The van der Waals surface area contributed by atoms with Crippen LogP contribution in [0.25, 0.3) is 0 Å². The van der Waals surface area contributed by atoms with E-state index in [1.807, 2.05) is 0 Å². The van der Waals surface area contributed by atoms with Gasteiger partial charge in [-0.1, -0.05) is 25.9 Å². The van der Waals surface area contributed by atoms with Gasteiger partial charge in [-0.2, -0.15) is 4.98 Å². The van der Waals surface area contributed by atoms with Gasteiger partial charge in [-0.05, 0) is 38.1 Å². The molecule has 1 atom stereocenters. The van der Waals surface area contributed by atoms with Crippen molar-refractivity contribution in [3.05, 3.63) is 11.7 Å². The Morgan fingerprint density at radius 2 is 2.05 bits per heavy atom. The lowest BCUT2D eigenvalue weighted by atomic mass is 9.99. The molecule has 1 unspecified atom stereocenters. The van der Waals surface area contributed by atoms with Crippen molar-refractivity contribution < 1.29 is 9.26 Å². The maximum absolute atomic E-state index is 5.47. The smallest absolute Gasteiger partial charge is 0.228 e. The predicted molar refractivity (Wildman–Crippen MR) is 82.3 cm³/mol. The van der Waals surface area contributed by atoms with Crippen LogP contribution in [-0.4, -0.2) is 35.9 Å². The Kier molecular flexibility index (Phi) is 6.64. The van der Waals surface area contributed by atoms with Gasteiger partial charge in [0.1, 0.15) is 0 Å². The van der Waals surface area contributed by atoms with Crippen molar-refractivity contribution in [2.24, 2.45) is 5.92 Å². The molecule has 2 heterocycles. The fourth-order valence-electron chi connectivity index (χ4n) is 2.84. The van der Waals surface area contributed by atoms with Crippen LogP contribution in [0.5, 0.6) is 0 Å². The summed E-state index contributed by atoms with van der Waals surface area (Å²) in [5, 5.41) is 7.77. The molecule has 1 N–H and O–H groups in total. The number of hydrogen-bond acceptors (Lipinski definition) is 5. The highest BCUT2D eigenvalue weighted by Gasteiger charge is 2.22. The molecule has 0 saturated carbocycles. The quantitative estimate of drug-likeness (QED) is 0.799. The zero-order valence-corrected chi connectivity index (χ0v) is 13.6. The van der Waals surface area contributed by atoms with Crippen LogP contribution in [0, 0.1) is 5.92 Å². The Morgan fingerprint density at radius 1 is 1.29 bits per heavy atom. The maximum atomic E-state index is 5.47. The zero-order chi connectivity index (χ0) is 15.1. The number of nitrogens with zero attached hydrogens (tertiary/aromatic N) is 2. The molecule has 5 heteroatoms. The molecule has 1 aliphatic heterocycles. The van der Waals surface area contributed by atoms with E-state index in [2.05, 4.69) is 36.2 Å². The molecule has 21 heavy (non-hydrogen) atoms. The molecule has 0 aliphatic carbocycles. The molecule has 0 spiro atoms. The minimum Gasteiger partial charge on any atom is -0.381 e. The monoisotopic (exact) mass is 295 g/mol. The van der Waals surface area contributed by atoms with E-state index in [1.165, 1.54) is 0 Å². The average molecular weight is 295 g/mol. The summed E-state index contributed by atoms with van der Waals surface area (Å²) < 4.78 is 10.9. The minimum absolute atomic E-state index is 0.406. The number of hydrogen-bond donors (Lipinski definition) is 1. The lowest BCUT2D eigenvalue weighted by Crippen LogP contribution is -2.33. The summed E-state index contributed by atoms with van der Waals surface area (Å²) in [6.45, 7) is 9.35. The fraction of sp³-hybridized carbons (Fsp3) is 0.875. The maximum Gasteiger partial charge on any atom is 0.228 e. The van der Waals surface area contributed by atoms with E-state index in [4.69, 9.17) is 9.26 Å².